The van der Waals surface area contributed by atoms with Gasteiger partial charge in [0.05, 0.1) is 6.54 Å². The van der Waals surface area contributed by atoms with Crippen LogP contribution in [0, 0.1) is 6.92 Å². The Hall–Kier alpha value is -1.22. The molecule has 15 heavy (non-hydrogen) atoms. The Balaban J connectivity index is 2.50. The average Bonchev–Trinajstić information content (AvgIpc) is 2.26. The first-order valence-corrected chi connectivity index (χ1v) is 5.32. The van der Waals surface area contributed by atoms with E-state index in [2.05, 4.69) is 24.1 Å². The van der Waals surface area contributed by atoms with Crippen LogP contribution in [0.5, 0.6) is 0 Å². The number of aromatic nitrogens is 1. The minimum absolute atomic E-state index is 0.0998. The maximum atomic E-state index is 11.7. The van der Waals surface area contributed by atoms with Crippen molar-refractivity contribution in [2.75, 3.05) is 6.54 Å². The van der Waals surface area contributed by atoms with E-state index in [1.165, 1.54) is 0 Å². The second kappa shape index (κ2) is 5.61. The van der Waals surface area contributed by atoms with Crippen molar-refractivity contribution >= 4 is 5.78 Å². The Bertz CT molecular complexity index is 319. The zero-order chi connectivity index (χ0) is 11.3. The highest BCUT2D eigenvalue weighted by molar-refractivity contribution is 5.97. The lowest BCUT2D eigenvalue weighted by atomic mass is 10.1. The van der Waals surface area contributed by atoms with Crippen LogP contribution in [0.3, 0.4) is 0 Å². The molecule has 3 heteroatoms. The Kier molecular flexibility index (Phi) is 4.43. The monoisotopic (exact) mass is 206 g/mol. The van der Waals surface area contributed by atoms with Gasteiger partial charge in [-0.2, -0.15) is 0 Å². The molecule has 1 heterocycles. The molecule has 1 rings (SSSR count). The van der Waals surface area contributed by atoms with E-state index in [0.29, 0.717) is 18.2 Å². The fraction of sp³-hybridized carbons (Fsp3) is 0.500. The molecular weight excluding hydrogens is 188 g/mol. The van der Waals surface area contributed by atoms with Crippen LogP contribution in [-0.4, -0.2) is 23.4 Å². The SMILES string of the molecule is CCC(C)NCC(=O)c1ccc(C)nc1. The normalized spacial score (nSPS) is 12.5. The second-order valence-electron chi connectivity index (χ2n) is 3.80. The lowest BCUT2D eigenvalue weighted by Crippen LogP contribution is -2.30. The zero-order valence-electron chi connectivity index (χ0n) is 9.58. The summed E-state index contributed by atoms with van der Waals surface area (Å²) in [4.78, 5) is 15.8. The van der Waals surface area contributed by atoms with Crippen molar-refractivity contribution in [3.05, 3.63) is 29.6 Å². The summed E-state index contributed by atoms with van der Waals surface area (Å²) in [6, 6.07) is 4.06. The summed E-state index contributed by atoms with van der Waals surface area (Å²) in [5, 5.41) is 3.17. The Morgan fingerprint density at radius 2 is 2.27 bits per heavy atom. The number of carbonyl (C=O) groups is 1. The largest absolute Gasteiger partial charge is 0.307 e. The molecule has 1 unspecified atom stereocenters. The van der Waals surface area contributed by atoms with Crippen LogP contribution in [0.15, 0.2) is 18.3 Å². The number of nitrogens with one attached hydrogen (secondary N) is 1. The third-order valence-electron chi connectivity index (χ3n) is 2.46. The number of pyridine rings is 1. The number of Topliss-reactive ketones (excluding diaryl/α,β-unsaturated/α-hetero) is 1. The second-order valence-corrected chi connectivity index (χ2v) is 3.80. The number of rotatable bonds is 5. The lowest BCUT2D eigenvalue weighted by molar-refractivity contribution is 0.0987. The highest BCUT2D eigenvalue weighted by Gasteiger charge is 2.06. The van der Waals surface area contributed by atoms with Gasteiger partial charge in [0.25, 0.3) is 0 Å². The number of aryl methyl sites for hydroxylation is 1. The summed E-state index contributed by atoms with van der Waals surface area (Å²) in [5.41, 5.74) is 1.61. The Morgan fingerprint density at radius 1 is 1.53 bits per heavy atom. The van der Waals surface area contributed by atoms with E-state index in [1.807, 2.05) is 19.1 Å². The van der Waals surface area contributed by atoms with E-state index >= 15 is 0 Å². The van der Waals surface area contributed by atoms with Gasteiger partial charge in [0.15, 0.2) is 5.78 Å². The Morgan fingerprint density at radius 3 is 2.80 bits per heavy atom. The maximum Gasteiger partial charge on any atom is 0.178 e. The molecule has 0 aliphatic rings. The van der Waals surface area contributed by atoms with Gasteiger partial charge in [0.1, 0.15) is 0 Å². The first kappa shape index (κ1) is 11.9. The van der Waals surface area contributed by atoms with Crippen molar-refractivity contribution in [3.8, 4) is 0 Å². The molecule has 0 fully saturated rings. The fourth-order valence-electron chi connectivity index (χ4n) is 1.15. The lowest BCUT2D eigenvalue weighted by Gasteiger charge is -2.09. The number of nitrogens with zero attached hydrogens (tertiary/aromatic N) is 1. The van der Waals surface area contributed by atoms with Crippen molar-refractivity contribution in [3.63, 3.8) is 0 Å². The van der Waals surface area contributed by atoms with Crippen LogP contribution in [0.2, 0.25) is 0 Å². The van der Waals surface area contributed by atoms with Gasteiger partial charge in [-0.15, -0.1) is 0 Å². The van der Waals surface area contributed by atoms with Crippen LogP contribution in [0.1, 0.15) is 36.3 Å². The molecule has 1 N–H and O–H groups in total. The summed E-state index contributed by atoms with van der Waals surface area (Å²) >= 11 is 0. The van der Waals surface area contributed by atoms with E-state index in [0.717, 1.165) is 12.1 Å². The topological polar surface area (TPSA) is 42.0 Å². The molecule has 0 saturated heterocycles. The molecule has 0 amide bonds. The molecule has 0 saturated carbocycles. The van der Waals surface area contributed by atoms with E-state index in [1.54, 1.807) is 6.20 Å². The molecule has 1 atom stereocenters. The van der Waals surface area contributed by atoms with Crippen molar-refractivity contribution in [1.29, 1.82) is 0 Å². The third-order valence-corrected chi connectivity index (χ3v) is 2.46. The molecule has 1 aromatic heterocycles. The van der Waals surface area contributed by atoms with Gasteiger partial charge in [-0.25, -0.2) is 0 Å². The molecule has 0 radical (unpaired) electrons. The Labute approximate surface area is 90.9 Å². The predicted molar refractivity (Wildman–Crippen MR) is 61.1 cm³/mol. The van der Waals surface area contributed by atoms with Crippen LogP contribution in [0.25, 0.3) is 0 Å². The van der Waals surface area contributed by atoms with Crippen LogP contribution >= 0.6 is 0 Å². The summed E-state index contributed by atoms with van der Waals surface area (Å²) in [6.07, 6.45) is 2.66. The van der Waals surface area contributed by atoms with E-state index in [4.69, 9.17) is 0 Å². The first-order chi connectivity index (χ1) is 7.13. The van der Waals surface area contributed by atoms with Crippen molar-refractivity contribution in [1.82, 2.24) is 10.3 Å². The first-order valence-electron chi connectivity index (χ1n) is 5.32. The standard InChI is InChI=1S/C12H18N2O/c1-4-9(2)14-8-12(15)11-6-5-10(3)13-7-11/h5-7,9,14H,4,8H2,1-3H3. The van der Waals surface area contributed by atoms with Crippen molar-refractivity contribution in [2.45, 2.75) is 33.2 Å². The molecule has 0 aromatic carbocycles. The van der Waals surface area contributed by atoms with Crippen LogP contribution in [-0.2, 0) is 0 Å². The zero-order valence-corrected chi connectivity index (χ0v) is 9.58. The number of hydrogen-bond acceptors (Lipinski definition) is 3. The minimum Gasteiger partial charge on any atom is -0.307 e. The van der Waals surface area contributed by atoms with Crippen LogP contribution < -0.4 is 5.32 Å². The maximum absolute atomic E-state index is 11.7. The average molecular weight is 206 g/mol. The number of hydrogen-bond donors (Lipinski definition) is 1. The van der Waals surface area contributed by atoms with Gasteiger partial charge < -0.3 is 5.32 Å². The predicted octanol–water partition coefficient (Wildman–Crippen LogP) is 1.96. The summed E-state index contributed by atoms with van der Waals surface area (Å²) in [7, 11) is 0. The number of ketones is 1. The van der Waals surface area contributed by atoms with Gasteiger partial charge in [-0.1, -0.05) is 6.92 Å². The quantitative estimate of drug-likeness (QED) is 0.749. The number of carbonyl (C=O) groups excluding carboxylic acids is 1. The molecule has 82 valence electrons. The highest BCUT2D eigenvalue weighted by Crippen LogP contribution is 2.00. The fourth-order valence-corrected chi connectivity index (χ4v) is 1.15. The highest BCUT2D eigenvalue weighted by atomic mass is 16.1. The summed E-state index contributed by atoms with van der Waals surface area (Å²) in [6.45, 7) is 6.46. The minimum atomic E-state index is 0.0998. The van der Waals surface area contributed by atoms with E-state index in [-0.39, 0.29) is 5.78 Å². The smallest absolute Gasteiger partial charge is 0.178 e. The molecule has 3 nitrogen and oxygen atoms in total. The summed E-state index contributed by atoms with van der Waals surface area (Å²) in [5.74, 6) is 0.0998. The van der Waals surface area contributed by atoms with Gasteiger partial charge in [0.2, 0.25) is 0 Å². The van der Waals surface area contributed by atoms with Gasteiger partial charge in [-0.05, 0) is 32.4 Å². The van der Waals surface area contributed by atoms with E-state index in [9.17, 15) is 4.79 Å². The van der Waals surface area contributed by atoms with Crippen molar-refractivity contribution in [2.24, 2.45) is 0 Å². The van der Waals surface area contributed by atoms with Gasteiger partial charge >= 0.3 is 0 Å². The third kappa shape index (κ3) is 3.80. The van der Waals surface area contributed by atoms with E-state index < -0.39 is 0 Å². The van der Waals surface area contributed by atoms with Crippen molar-refractivity contribution < 1.29 is 4.79 Å². The molecular formula is C12H18N2O. The molecule has 0 bridgehead atoms. The molecule has 0 aliphatic carbocycles. The van der Waals surface area contributed by atoms with Gasteiger partial charge in [-0.3, -0.25) is 9.78 Å². The summed E-state index contributed by atoms with van der Waals surface area (Å²) < 4.78 is 0. The molecule has 1 aromatic rings. The van der Waals surface area contributed by atoms with Gasteiger partial charge in [0, 0.05) is 23.5 Å². The molecule has 0 aliphatic heterocycles. The van der Waals surface area contributed by atoms with Crippen LogP contribution in [0.4, 0.5) is 0 Å². The molecule has 0 spiro atoms.